The first-order chi connectivity index (χ1) is 6.81. The number of benzene rings is 1. The average molecular weight is 189 g/mol. The lowest BCUT2D eigenvalue weighted by Gasteiger charge is -1.99. The van der Waals surface area contributed by atoms with Gasteiger partial charge in [-0.2, -0.15) is 10.3 Å². The van der Waals surface area contributed by atoms with Crippen LogP contribution in [0.4, 0.5) is 0 Å². The Morgan fingerprint density at radius 1 is 1.43 bits per heavy atom. The van der Waals surface area contributed by atoms with Gasteiger partial charge in [-0.25, -0.2) is 0 Å². The van der Waals surface area contributed by atoms with E-state index in [4.69, 9.17) is 20.5 Å². The fourth-order valence-corrected chi connectivity index (χ4v) is 1.17. The number of fused-ring (bicyclic) bond motifs is 1. The van der Waals surface area contributed by atoms with E-state index in [-0.39, 0.29) is 12.6 Å². The minimum atomic E-state index is 0.172. The molecule has 5 nitrogen and oxygen atoms in total. The second kappa shape index (κ2) is 3.26. The number of hydrogen-bond donors (Lipinski definition) is 1. The van der Waals surface area contributed by atoms with E-state index in [1.54, 1.807) is 24.4 Å². The Balaban J connectivity index is 2.39. The summed E-state index contributed by atoms with van der Waals surface area (Å²) in [6.45, 7) is 0.216. The SMILES string of the molecule is N#CN=C(N)c1ccc2c(c1)OCO2. The third-order valence-electron chi connectivity index (χ3n) is 1.84. The number of rotatable bonds is 1. The molecule has 0 amide bonds. The first-order valence-corrected chi connectivity index (χ1v) is 3.93. The van der Waals surface area contributed by atoms with E-state index in [1.165, 1.54) is 0 Å². The van der Waals surface area contributed by atoms with Crippen LogP contribution in [-0.2, 0) is 0 Å². The number of aliphatic imine (C=N–C) groups is 1. The third-order valence-corrected chi connectivity index (χ3v) is 1.84. The zero-order valence-corrected chi connectivity index (χ0v) is 7.23. The second-order valence-electron chi connectivity index (χ2n) is 2.67. The van der Waals surface area contributed by atoms with Gasteiger partial charge in [-0.15, -0.1) is 0 Å². The van der Waals surface area contributed by atoms with E-state index in [1.807, 2.05) is 0 Å². The highest BCUT2D eigenvalue weighted by Crippen LogP contribution is 2.32. The smallest absolute Gasteiger partial charge is 0.231 e. The first kappa shape index (κ1) is 8.38. The highest BCUT2D eigenvalue weighted by Gasteiger charge is 2.14. The standard InChI is InChI=1S/C9H7N3O2/c10-4-12-9(11)6-1-2-7-8(3-6)14-5-13-7/h1-3H,5H2,(H2,11,12). The van der Waals surface area contributed by atoms with Crippen LogP contribution in [-0.4, -0.2) is 12.6 Å². The van der Waals surface area contributed by atoms with E-state index >= 15 is 0 Å². The van der Waals surface area contributed by atoms with Crippen LogP contribution in [0.2, 0.25) is 0 Å². The minimum Gasteiger partial charge on any atom is -0.454 e. The lowest BCUT2D eigenvalue weighted by molar-refractivity contribution is 0.174. The molecule has 0 fully saturated rings. The van der Waals surface area contributed by atoms with Crippen molar-refractivity contribution in [3.05, 3.63) is 23.8 Å². The Morgan fingerprint density at radius 3 is 3.00 bits per heavy atom. The molecule has 0 saturated carbocycles. The third kappa shape index (κ3) is 1.33. The Bertz CT molecular complexity index is 434. The highest BCUT2D eigenvalue weighted by molar-refractivity contribution is 5.98. The Kier molecular flexibility index (Phi) is 1.95. The number of amidine groups is 1. The molecule has 0 saturated heterocycles. The number of nitrogens with two attached hydrogens (primary N) is 1. The predicted molar refractivity (Wildman–Crippen MR) is 48.9 cm³/mol. The van der Waals surface area contributed by atoms with Crippen molar-refractivity contribution in [2.45, 2.75) is 0 Å². The van der Waals surface area contributed by atoms with Crippen LogP contribution in [0.3, 0.4) is 0 Å². The molecule has 0 spiro atoms. The molecule has 5 heteroatoms. The van der Waals surface area contributed by atoms with Crippen molar-refractivity contribution in [3.63, 3.8) is 0 Å². The molecule has 1 aliphatic heterocycles. The van der Waals surface area contributed by atoms with Gasteiger partial charge in [-0.05, 0) is 18.2 Å². The minimum absolute atomic E-state index is 0.172. The lowest BCUT2D eigenvalue weighted by atomic mass is 10.2. The van der Waals surface area contributed by atoms with Gasteiger partial charge >= 0.3 is 0 Å². The Morgan fingerprint density at radius 2 is 2.21 bits per heavy atom. The van der Waals surface area contributed by atoms with Crippen LogP contribution in [0, 0.1) is 11.5 Å². The molecule has 0 bridgehead atoms. The highest BCUT2D eigenvalue weighted by atomic mass is 16.7. The van der Waals surface area contributed by atoms with Gasteiger partial charge in [0.15, 0.2) is 11.5 Å². The zero-order chi connectivity index (χ0) is 9.97. The van der Waals surface area contributed by atoms with Crippen LogP contribution >= 0.6 is 0 Å². The monoisotopic (exact) mass is 189 g/mol. The molecule has 70 valence electrons. The molecular weight excluding hydrogens is 182 g/mol. The van der Waals surface area contributed by atoms with Gasteiger partial charge in [-0.1, -0.05) is 0 Å². The van der Waals surface area contributed by atoms with Gasteiger partial charge in [0.2, 0.25) is 13.0 Å². The van der Waals surface area contributed by atoms with Gasteiger partial charge in [-0.3, -0.25) is 0 Å². The molecule has 0 radical (unpaired) electrons. The van der Waals surface area contributed by atoms with Crippen LogP contribution in [0.15, 0.2) is 23.2 Å². The van der Waals surface area contributed by atoms with Crippen molar-refractivity contribution in [2.75, 3.05) is 6.79 Å². The molecule has 2 N–H and O–H groups in total. The fourth-order valence-electron chi connectivity index (χ4n) is 1.17. The zero-order valence-electron chi connectivity index (χ0n) is 7.23. The maximum atomic E-state index is 8.32. The maximum Gasteiger partial charge on any atom is 0.231 e. The van der Waals surface area contributed by atoms with Gasteiger partial charge in [0.25, 0.3) is 0 Å². The second-order valence-corrected chi connectivity index (χ2v) is 2.67. The summed E-state index contributed by atoms with van der Waals surface area (Å²) in [5.41, 5.74) is 6.18. The van der Waals surface area contributed by atoms with Crippen molar-refractivity contribution >= 4 is 5.84 Å². The lowest BCUT2D eigenvalue weighted by Crippen LogP contribution is -2.12. The summed E-state index contributed by atoms with van der Waals surface area (Å²) in [4.78, 5) is 3.42. The molecule has 1 aliphatic rings. The number of nitriles is 1. The quantitative estimate of drug-likeness (QED) is 0.398. The van der Waals surface area contributed by atoms with Crippen LogP contribution in [0.1, 0.15) is 5.56 Å². The summed E-state index contributed by atoms with van der Waals surface area (Å²) in [6.07, 6.45) is 1.62. The summed E-state index contributed by atoms with van der Waals surface area (Å²) < 4.78 is 10.3. The summed E-state index contributed by atoms with van der Waals surface area (Å²) in [6, 6.07) is 5.15. The van der Waals surface area contributed by atoms with Gasteiger partial charge in [0, 0.05) is 5.56 Å². The summed E-state index contributed by atoms with van der Waals surface area (Å²) in [5, 5.41) is 8.32. The van der Waals surface area contributed by atoms with Gasteiger partial charge in [0.05, 0.1) is 0 Å². The van der Waals surface area contributed by atoms with E-state index in [0.29, 0.717) is 17.1 Å². The fraction of sp³-hybridized carbons (Fsp3) is 0.111. The van der Waals surface area contributed by atoms with Crippen molar-refractivity contribution in [1.82, 2.24) is 0 Å². The number of hydrogen-bond acceptors (Lipinski definition) is 4. The number of nitrogens with zero attached hydrogens (tertiary/aromatic N) is 2. The molecular formula is C9H7N3O2. The average Bonchev–Trinajstić information content (AvgIpc) is 2.64. The molecule has 14 heavy (non-hydrogen) atoms. The Labute approximate surface area is 80.4 Å². The molecule has 0 atom stereocenters. The largest absolute Gasteiger partial charge is 0.454 e. The van der Waals surface area contributed by atoms with Gasteiger partial charge < -0.3 is 15.2 Å². The molecule has 2 rings (SSSR count). The number of ether oxygens (including phenoxy) is 2. The predicted octanol–water partition coefficient (Wildman–Crippen LogP) is 0.602. The molecule has 0 aliphatic carbocycles. The molecule has 0 aromatic heterocycles. The molecule has 1 aromatic carbocycles. The normalized spacial score (nSPS) is 13.8. The molecule has 1 aromatic rings. The first-order valence-electron chi connectivity index (χ1n) is 3.93. The summed E-state index contributed by atoms with van der Waals surface area (Å²) in [7, 11) is 0. The Hall–Kier alpha value is -2.22. The molecule has 1 heterocycles. The van der Waals surface area contributed by atoms with Crippen LogP contribution in [0.5, 0.6) is 11.5 Å². The van der Waals surface area contributed by atoms with Crippen molar-refractivity contribution in [1.29, 1.82) is 5.26 Å². The van der Waals surface area contributed by atoms with Crippen molar-refractivity contribution in [3.8, 4) is 17.7 Å². The van der Waals surface area contributed by atoms with Crippen molar-refractivity contribution < 1.29 is 9.47 Å². The maximum absolute atomic E-state index is 8.32. The summed E-state index contributed by atoms with van der Waals surface area (Å²) >= 11 is 0. The van der Waals surface area contributed by atoms with E-state index in [0.717, 1.165) is 0 Å². The van der Waals surface area contributed by atoms with Crippen molar-refractivity contribution in [2.24, 2.45) is 10.7 Å². The van der Waals surface area contributed by atoms with E-state index in [2.05, 4.69) is 4.99 Å². The molecule has 0 unspecified atom stereocenters. The van der Waals surface area contributed by atoms with Crippen LogP contribution in [0.25, 0.3) is 0 Å². The summed E-state index contributed by atoms with van der Waals surface area (Å²) in [5.74, 6) is 1.47. The van der Waals surface area contributed by atoms with Crippen LogP contribution < -0.4 is 15.2 Å². The van der Waals surface area contributed by atoms with E-state index < -0.39 is 0 Å². The van der Waals surface area contributed by atoms with E-state index in [9.17, 15) is 0 Å². The van der Waals surface area contributed by atoms with Gasteiger partial charge in [0.1, 0.15) is 5.84 Å². The topological polar surface area (TPSA) is 80.6 Å².